The maximum Gasteiger partial charge on any atom is 0.188 e. The molecule has 0 spiro atoms. The zero-order chi connectivity index (χ0) is 19.0. The molecule has 0 aromatic heterocycles. The largest absolute Gasteiger partial charge is 0.464 e. The van der Waals surface area contributed by atoms with Crippen molar-refractivity contribution in [3.05, 3.63) is 23.3 Å². The molecule has 3 aliphatic carbocycles. The summed E-state index contributed by atoms with van der Waals surface area (Å²) in [5.41, 5.74) is 2.51. The molecule has 0 radical (unpaired) electrons. The highest BCUT2D eigenvalue weighted by Gasteiger charge is 2.55. The van der Waals surface area contributed by atoms with E-state index in [4.69, 9.17) is 18.9 Å². The molecule has 4 rings (SSSR count). The highest BCUT2D eigenvalue weighted by molar-refractivity contribution is 5.87. The molecule has 0 amide bonds. The van der Waals surface area contributed by atoms with Crippen LogP contribution in [0.25, 0.3) is 0 Å². The predicted molar refractivity (Wildman–Crippen MR) is 101 cm³/mol. The summed E-state index contributed by atoms with van der Waals surface area (Å²) in [5.74, 6) is 3.46. The number of Topliss-reactive ketones (excluding diaryl/α,β-unsaturated/α-hetero) is 1. The molecule has 4 atom stereocenters. The highest BCUT2D eigenvalue weighted by atomic mass is 16.7. The van der Waals surface area contributed by atoms with Gasteiger partial charge in [-0.3, -0.25) is 4.79 Å². The van der Waals surface area contributed by atoms with Crippen LogP contribution in [0.15, 0.2) is 12.1 Å². The van der Waals surface area contributed by atoms with E-state index in [-0.39, 0.29) is 19.0 Å². The number of hydrogen-bond donors (Lipinski definition) is 0. The van der Waals surface area contributed by atoms with Crippen molar-refractivity contribution < 1.29 is 23.7 Å². The Morgan fingerprint density at radius 2 is 1.81 bits per heavy atom. The van der Waals surface area contributed by atoms with Gasteiger partial charge in [-0.2, -0.15) is 0 Å². The molecule has 148 valence electrons. The van der Waals surface area contributed by atoms with Crippen LogP contribution in [0.1, 0.15) is 56.1 Å². The van der Waals surface area contributed by atoms with Crippen molar-refractivity contribution in [1.82, 2.24) is 0 Å². The zero-order valence-corrected chi connectivity index (χ0v) is 16.6. The second-order valence-corrected chi connectivity index (χ2v) is 8.40. The predicted octanol–water partition coefficient (Wildman–Crippen LogP) is 4.08. The summed E-state index contributed by atoms with van der Waals surface area (Å²) < 4.78 is 22.1. The van der Waals surface area contributed by atoms with Crippen LogP contribution in [0.4, 0.5) is 0 Å². The van der Waals surface area contributed by atoms with Gasteiger partial charge < -0.3 is 18.9 Å². The van der Waals surface area contributed by atoms with Crippen LogP contribution in [0.3, 0.4) is 0 Å². The first-order chi connectivity index (χ1) is 13.1. The van der Waals surface area contributed by atoms with Crippen LogP contribution in [0, 0.1) is 17.3 Å². The molecule has 4 unspecified atom stereocenters. The Bertz CT molecular complexity index is 715. The number of rotatable bonds is 6. The molecule has 0 bridgehead atoms. The molecule has 1 aromatic carbocycles. The summed E-state index contributed by atoms with van der Waals surface area (Å²) in [6.45, 7) is 2.58. The molecule has 0 heterocycles. The van der Waals surface area contributed by atoms with E-state index in [9.17, 15) is 4.79 Å². The fraction of sp³-hybridized carbons (Fsp3) is 0.682. The minimum atomic E-state index is -0.115. The number of carbonyl (C=O) groups excluding carboxylic acids is 1. The van der Waals surface area contributed by atoms with Gasteiger partial charge in [0.05, 0.1) is 0 Å². The van der Waals surface area contributed by atoms with Crippen LogP contribution in [-0.2, 0) is 20.7 Å². The topological polar surface area (TPSA) is 54.0 Å². The van der Waals surface area contributed by atoms with E-state index in [1.54, 1.807) is 14.2 Å². The van der Waals surface area contributed by atoms with Crippen molar-refractivity contribution >= 4 is 5.78 Å². The van der Waals surface area contributed by atoms with Gasteiger partial charge in [-0.25, -0.2) is 0 Å². The molecule has 0 aliphatic heterocycles. The zero-order valence-electron chi connectivity index (χ0n) is 16.6. The fourth-order valence-corrected chi connectivity index (χ4v) is 5.89. The molecule has 27 heavy (non-hydrogen) atoms. The van der Waals surface area contributed by atoms with E-state index in [0.717, 1.165) is 44.3 Å². The average Bonchev–Trinajstić information content (AvgIpc) is 2.99. The van der Waals surface area contributed by atoms with Crippen LogP contribution >= 0.6 is 0 Å². The molecule has 0 N–H and O–H groups in total. The smallest absolute Gasteiger partial charge is 0.188 e. The first kappa shape index (κ1) is 18.8. The number of aryl methyl sites for hydroxylation is 1. The van der Waals surface area contributed by atoms with Crippen LogP contribution in [0.2, 0.25) is 0 Å². The van der Waals surface area contributed by atoms with Crippen molar-refractivity contribution in [2.45, 2.75) is 51.4 Å². The van der Waals surface area contributed by atoms with E-state index in [1.165, 1.54) is 11.1 Å². The standard InChI is InChI=1S/C22H30O5/c1-22-11-10-16-15(17(22)7-9-19(22)23)6-4-14-5-8-18(26-12-24-2)21(20(14)16)27-13-25-3/h5,8,15-17H,4,6-7,9-13H2,1-3H3. The van der Waals surface area contributed by atoms with E-state index in [2.05, 4.69) is 13.0 Å². The number of ketones is 1. The van der Waals surface area contributed by atoms with Crippen molar-refractivity contribution in [3.63, 3.8) is 0 Å². The number of methoxy groups -OCH3 is 2. The second-order valence-electron chi connectivity index (χ2n) is 8.40. The third-order valence-corrected chi connectivity index (χ3v) is 7.17. The van der Waals surface area contributed by atoms with Gasteiger partial charge in [0, 0.05) is 31.6 Å². The maximum atomic E-state index is 12.6. The first-order valence-electron chi connectivity index (χ1n) is 10.0. The van der Waals surface area contributed by atoms with Gasteiger partial charge in [0.1, 0.15) is 5.78 Å². The van der Waals surface area contributed by atoms with Crippen molar-refractivity contribution in [2.24, 2.45) is 17.3 Å². The van der Waals surface area contributed by atoms with E-state index in [0.29, 0.717) is 29.3 Å². The molecule has 5 nitrogen and oxygen atoms in total. The van der Waals surface area contributed by atoms with E-state index in [1.807, 2.05) is 6.07 Å². The number of carbonyl (C=O) groups is 1. The van der Waals surface area contributed by atoms with Gasteiger partial charge >= 0.3 is 0 Å². The number of fused-ring (bicyclic) bond motifs is 5. The summed E-state index contributed by atoms with van der Waals surface area (Å²) in [6, 6.07) is 4.15. The Balaban J connectivity index is 1.72. The lowest BCUT2D eigenvalue weighted by Crippen LogP contribution is -2.42. The third kappa shape index (κ3) is 3.05. The number of benzene rings is 1. The average molecular weight is 374 g/mol. The van der Waals surface area contributed by atoms with E-state index >= 15 is 0 Å². The summed E-state index contributed by atoms with van der Waals surface area (Å²) >= 11 is 0. The van der Waals surface area contributed by atoms with Crippen molar-refractivity contribution in [3.8, 4) is 11.5 Å². The van der Waals surface area contributed by atoms with Gasteiger partial charge in [0.25, 0.3) is 0 Å². The summed E-state index contributed by atoms with van der Waals surface area (Å²) in [4.78, 5) is 12.6. The third-order valence-electron chi connectivity index (χ3n) is 7.17. The Morgan fingerprint density at radius 3 is 2.59 bits per heavy atom. The van der Waals surface area contributed by atoms with Crippen LogP contribution in [-0.4, -0.2) is 33.6 Å². The van der Waals surface area contributed by atoms with Gasteiger partial charge in [-0.05, 0) is 61.5 Å². The lowest BCUT2D eigenvalue weighted by Gasteiger charge is -2.48. The summed E-state index contributed by atoms with van der Waals surface area (Å²) in [6.07, 6.45) is 6.00. The quantitative estimate of drug-likeness (QED) is 0.703. The van der Waals surface area contributed by atoms with Crippen LogP contribution < -0.4 is 9.47 Å². The minimum Gasteiger partial charge on any atom is -0.464 e. The molecular formula is C22H30O5. The van der Waals surface area contributed by atoms with Gasteiger partial charge in [0.2, 0.25) is 0 Å². The summed E-state index contributed by atoms with van der Waals surface area (Å²) in [5, 5.41) is 0. The lowest BCUT2D eigenvalue weighted by molar-refractivity contribution is -0.129. The Kier molecular flexibility index (Phi) is 5.17. The first-order valence-corrected chi connectivity index (χ1v) is 10.0. The van der Waals surface area contributed by atoms with Gasteiger partial charge in [-0.1, -0.05) is 13.0 Å². The molecular weight excluding hydrogens is 344 g/mol. The van der Waals surface area contributed by atoms with Crippen molar-refractivity contribution in [2.75, 3.05) is 27.8 Å². The maximum absolute atomic E-state index is 12.6. The SMILES string of the molecule is COCOc1ccc2c(c1OCOC)C1CCC3(C)C(=O)CCC3C1CC2. The normalized spacial score (nSPS) is 31.8. The Labute approximate surface area is 161 Å². The van der Waals surface area contributed by atoms with E-state index < -0.39 is 0 Å². The number of ether oxygens (including phenoxy) is 4. The Morgan fingerprint density at radius 1 is 1.04 bits per heavy atom. The minimum absolute atomic E-state index is 0.115. The molecule has 0 saturated heterocycles. The van der Waals surface area contributed by atoms with Gasteiger partial charge in [0.15, 0.2) is 25.1 Å². The number of hydrogen-bond acceptors (Lipinski definition) is 5. The second kappa shape index (κ2) is 7.44. The summed E-state index contributed by atoms with van der Waals surface area (Å²) in [7, 11) is 3.24. The molecule has 3 aliphatic rings. The molecule has 1 aromatic rings. The van der Waals surface area contributed by atoms with Gasteiger partial charge in [-0.15, -0.1) is 0 Å². The van der Waals surface area contributed by atoms with Crippen LogP contribution in [0.5, 0.6) is 11.5 Å². The molecule has 2 saturated carbocycles. The fourth-order valence-electron chi connectivity index (χ4n) is 5.89. The highest BCUT2D eigenvalue weighted by Crippen LogP contribution is 2.61. The monoisotopic (exact) mass is 374 g/mol. The lowest BCUT2D eigenvalue weighted by atomic mass is 9.55. The molecule has 2 fully saturated rings. The Hall–Kier alpha value is -1.59. The molecule has 5 heteroatoms. The van der Waals surface area contributed by atoms with Crippen molar-refractivity contribution in [1.29, 1.82) is 0 Å².